The van der Waals surface area contributed by atoms with Gasteiger partial charge < -0.3 is 9.97 Å². The van der Waals surface area contributed by atoms with Crippen LogP contribution in [0.4, 0.5) is 0 Å². The molecule has 2 N–H and O–H groups in total. The number of nitrogens with one attached hydrogen (secondary N) is 2. The van der Waals surface area contributed by atoms with Crippen molar-refractivity contribution in [3.8, 4) is 0 Å². The van der Waals surface area contributed by atoms with Gasteiger partial charge in [0.15, 0.2) is 0 Å². The maximum Gasteiger partial charge on any atom is 0.113 e. The van der Waals surface area contributed by atoms with Crippen molar-refractivity contribution < 1.29 is 0 Å². The number of aromatic nitrogens is 3. The monoisotopic (exact) mass is 263 g/mol. The zero-order valence-electron chi connectivity index (χ0n) is 11.9. The molecule has 0 spiro atoms. The fourth-order valence-electron chi connectivity index (χ4n) is 2.85. The van der Waals surface area contributed by atoms with Crippen LogP contribution in [-0.4, -0.2) is 15.0 Å². The molecule has 0 saturated carbocycles. The molecule has 0 atom stereocenters. The highest BCUT2D eigenvalue weighted by Crippen LogP contribution is 2.31. The van der Waals surface area contributed by atoms with Crippen LogP contribution in [0.3, 0.4) is 0 Å². The van der Waals surface area contributed by atoms with Gasteiger partial charge in [0.1, 0.15) is 5.52 Å². The molecule has 0 aliphatic carbocycles. The van der Waals surface area contributed by atoms with Crippen LogP contribution in [0.15, 0.2) is 30.3 Å². The van der Waals surface area contributed by atoms with E-state index in [0.29, 0.717) is 5.92 Å². The number of hydrogen-bond acceptors (Lipinski definition) is 1. The Bertz CT molecular complexity index is 941. The average Bonchev–Trinajstić information content (AvgIpc) is 2.94. The van der Waals surface area contributed by atoms with Gasteiger partial charge in [-0.3, -0.25) is 0 Å². The number of H-pyrrole nitrogens is 2. The summed E-state index contributed by atoms with van der Waals surface area (Å²) in [6.45, 7) is 6.49. The van der Waals surface area contributed by atoms with Crippen molar-refractivity contribution in [3.05, 3.63) is 41.6 Å². The van der Waals surface area contributed by atoms with Crippen molar-refractivity contribution in [3.63, 3.8) is 0 Å². The highest BCUT2D eigenvalue weighted by molar-refractivity contribution is 6.15. The van der Waals surface area contributed by atoms with Crippen molar-refractivity contribution in [1.82, 2.24) is 15.0 Å². The zero-order chi connectivity index (χ0) is 13.9. The lowest BCUT2D eigenvalue weighted by atomic mass is 10.0. The van der Waals surface area contributed by atoms with Crippen LogP contribution < -0.4 is 0 Å². The van der Waals surface area contributed by atoms with Crippen LogP contribution in [-0.2, 0) is 0 Å². The minimum absolute atomic E-state index is 0.528. The lowest BCUT2D eigenvalue weighted by molar-refractivity contribution is 0.868. The molecule has 0 unspecified atom stereocenters. The van der Waals surface area contributed by atoms with Crippen molar-refractivity contribution in [2.75, 3.05) is 0 Å². The molecule has 0 aliphatic heterocycles. The van der Waals surface area contributed by atoms with Gasteiger partial charge in [-0.25, -0.2) is 4.98 Å². The first-order valence-electron chi connectivity index (χ1n) is 7.04. The number of aryl methyl sites for hydroxylation is 1. The van der Waals surface area contributed by atoms with Gasteiger partial charge in [-0.15, -0.1) is 0 Å². The summed E-state index contributed by atoms with van der Waals surface area (Å²) in [5, 5.41) is 1.20. The van der Waals surface area contributed by atoms with Crippen LogP contribution in [0.5, 0.6) is 0 Å². The minimum Gasteiger partial charge on any atom is -0.356 e. The molecule has 1 aromatic carbocycles. The third-order valence-corrected chi connectivity index (χ3v) is 4.01. The number of benzene rings is 1. The Morgan fingerprint density at radius 1 is 1.00 bits per heavy atom. The summed E-state index contributed by atoms with van der Waals surface area (Å²) in [5.41, 5.74) is 7.95. The van der Waals surface area contributed by atoms with E-state index in [2.05, 4.69) is 61.1 Å². The van der Waals surface area contributed by atoms with Gasteiger partial charge >= 0.3 is 0 Å². The van der Waals surface area contributed by atoms with E-state index in [-0.39, 0.29) is 0 Å². The Morgan fingerprint density at radius 2 is 1.85 bits per heavy atom. The van der Waals surface area contributed by atoms with Crippen molar-refractivity contribution in [2.45, 2.75) is 26.7 Å². The van der Waals surface area contributed by atoms with E-state index >= 15 is 0 Å². The van der Waals surface area contributed by atoms with Crippen LogP contribution in [0, 0.1) is 6.92 Å². The molecular formula is C17H17N3. The summed E-state index contributed by atoms with van der Waals surface area (Å²) in [4.78, 5) is 11.7. The second-order valence-electron chi connectivity index (χ2n) is 5.82. The Morgan fingerprint density at radius 3 is 2.65 bits per heavy atom. The standard InChI is InChI=1S/C17H17N3/c1-9(2)11-5-6-12-14(8-11)20-17-15(12)19-13-7-4-10(3)18-16(13)17/h4-9,18-19H,1-3H3. The summed E-state index contributed by atoms with van der Waals surface area (Å²) in [7, 11) is 0. The Balaban J connectivity index is 2.11. The first-order valence-corrected chi connectivity index (χ1v) is 7.04. The number of pyridine rings is 1. The molecule has 0 saturated heterocycles. The van der Waals surface area contributed by atoms with Crippen molar-refractivity contribution >= 4 is 33.0 Å². The molecule has 3 aromatic heterocycles. The molecule has 0 amide bonds. The van der Waals surface area contributed by atoms with Crippen LogP contribution in [0.1, 0.15) is 31.0 Å². The maximum absolute atomic E-state index is 4.82. The van der Waals surface area contributed by atoms with Crippen LogP contribution in [0.2, 0.25) is 0 Å². The number of nitrogens with zero attached hydrogens (tertiary/aromatic N) is 1. The summed E-state index contributed by atoms with van der Waals surface area (Å²) >= 11 is 0. The second-order valence-corrected chi connectivity index (χ2v) is 5.82. The largest absolute Gasteiger partial charge is 0.356 e. The molecule has 100 valence electrons. The average molecular weight is 263 g/mol. The normalized spacial score (nSPS) is 12.2. The molecule has 4 rings (SSSR count). The van der Waals surface area contributed by atoms with Gasteiger partial charge in [-0.05, 0) is 36.6 Å². The smallest absolute Gasteiger partial charge is 0.113 e. The number of rotatable bonds is 1. The predicted molar refractivity (Wildman–Crippen MR) is 84.3 cm³/mol. The molecule has 0 fully saturated rings. The van der Waals surface area contributed by atoms with Gasteiger partial charge in [-0.1, -0.05) is 26.0 Å². The molecule has 20 heavy (non-hydrogen) atoms. The maximum atomic E-state index is 4.82. The fourth-order valence-corrected chi connectivity index (χ4v) is 2.85. The predicted octanol–water partition coefficient (Wildman–Crippen LogP) is 4.63. The third kappa shape index (κ3) is 1.49. The van der Waals surface area contributed by atoms with Gasteiger partial charge in [0.25, 0.3) is 0 Å². The van der Waals surface area contributed by atoms with E-state index in [1.165, 1.54) is 10.9 Å². The highest BCUT2D eigenvalue weighted by Gasteiger charge is 2.13. The fraction of sp³-hybridized carbons (Fsp3) is 0.235. The van der Waals surface area contributed by atoms with E-state index in [1.54, 1.807) is 0 Å². The van der Waals surface area contributed by atoms with Crippen molar-refractivity contribution in [1.29, 1.82) is 0 Å². The van der Waals surface area contributed by atoms with Gasteiger partial charge in [0, 0.05) is 11.1 Å². The van der Waals surface area contributed by atoms with E-state index in [0.717, 1.165) is 33.3 Å². The van der Waals surface area contributed by atoms with E-state index in [1.807, 2.05) is 0 Å². The van der Waals surface area contributed by atoms with Gasteiger partial charge in [0.05, 0.1) is 22.1 Å². The molecule has 0 aliphatic rings. The Kier molecular flexibility index (Phi) is 2.22. The number of aromatic amines is 2. The zero-order valence-corrected chi connectivity index (χ0v) is 11.9. The Labute approximate surface area is 117 Å². The highest BCUT2D eigenvalue weighted by atomic mass is 14.9. The van der Waals surface area contributed by atoms with Crippen molar-refractivity contribution in [2.24, 2.45) is 0 Å². The first kappa shape index (κ1) is 11.5. The number of fused-ring (bicyclic) bond motifs is 5. The molecule has 0 bridgehead atoms. The second kappa shape index (κ2) is 3.85. The molecule has 3 nitrogen and oxygen atoms in total. The summed E-state index contributed by atoms with van der Waals surface area (Å²) < 4.78 is 0. The van der Waals surface area contributed by atoms with E-state index < -0.39 is 0 Å². The SMILES string of the molecule is Cc1ccc2[nH]c3c4ccc(C(C)C)cc4nc3c2[nH]1. The quantitative estimate of drug-likeness (QED) is 0.516. The summed E-state index contributed by atoms with van der Waals surface area (Å²) in [5.74, 6) is 0.528. The van der Waals surface area contributed by atoms with Gasteiger partial charge in [0.2, 0.25) is 0 Å². The molecular weight excluding hydrogens is 246 g/mol. The first-order chi connectivity index (χ1) is 9.63. The molecule has 3 heteroatoms. The Hall–Kier alpha value is -2.29. The summed E-state index contributed by atoms with van der Waals surface area (Å²) in [6, 6.07) is 10.8. The molecule has 0 radical (unpaired) electrons. The van der Waals surface area contributed by atoms with Crippen LogP contribution in [0.25, 0.3) is 33.0 Å². The lowest BCUT2D eigenvalue weighted by Crippen LogP contribution is -1.86. The molecule has 4 aromatic rings. The van der Waals surface area contributed by atoms with E-state index in [9.17, 15) is 0 Å². The van der Waals surface area contributed by atoms with Gasteiger partial charge in [-0.2, -0.15) is 0 Å². The summed E-state index contributed by atoms with van der Waals surface area (Å²) in [6.07, 6.45) is 0. The minimum atomic E-state index is 0.528. The third-order valence-electron chi connectivity index (χ3n) is 4.01. The topological polar surface area (TPSA) is 44.5 Å². The lowest BCUT2D eigenvalue weighted by Gasteiger charge is -2.03. The van der Waals surface area contributed by atoms with Crippen LogP contribution >= 0.6 is 0 Å². The molecule has 3 heterocycles. The van der Waals surface area contributed by atoms with E-state index in [4.69, 9.17) is 4.98 Å². The number of hydrogen-bond donors (Lipinski definition) is 2.